The first kappa shape index (κ1) is 27.9. The van der Waals surface area contributed by atoms with Gasteiger partial charge in [-0.3, -0.25) is 14.7 Å². The average Bonchev–Trinajstić information content (AvgIpc) is 2.81. The van der Waals surface area contributed by atoms with Gasteiger partial charge in [-0.05, 0) is 12.8 Å². The number of nitrogens with one attached hydrogen (secondary N) is 1. The Morgan fingerprint density at radius 1 is 1.08 bits per heavy atom. The van der Waals surface area contributed by atoms with Gasteiger partial charge >= 0.3 is 0 Å². The zero-order valence-electron chi connectivity index (χ0n) is 19.5. The van der Waals surface area contributed by atoms with Crippen LogP contribution in [0, 0.1) is 17.5 Å². The molecule has 15 heteroatoms. The third-order valence-corrected chi connectivity index (χ3v) is 8.39. The van der Waals surface area contributed by atoms with E-state index in [1.807, 2.05) is 0 Å². The number of benzene rings is 1. The number of carbonyl (C=O) groups excluding carboxylic acids is 1. The molecule has 1 amide bonds. The molecule has 1 aromatic carbocycles. The maximum Gasteiger partial charge on any atom is 0.263 e. The number of hydrogen-bond donors (Lipinski definition) is 2. The molecule has 1 saturated carbocycles. The molecule has 0 radical (unpaired) electrons. The molecule has 0 aromatic heterocycles. The van der Waals surface area contributed by atoms with Gasteiger partial charge in [-0.25, -0.2) is 30.4 Å². The largest absolute Gasteiger partial charge is 0.350 e. The van der Waals surface area contributed by atoms with Crippen LogP contribution in [0.1, 0.15) is 36.0 Å². The molecule has 2 fully saturated rings. The molecule has 0 atom stereocenters. The van der Waals surface area contributed by atoms with Gasteiger partial charge < -0.3 is 11.2 Å². The van der Waals surface area contributed by atoms with E-state index in [4.69, 9.17) is 5.84 Å². The normalized spacial score (nSPS) is 21.6. The first-order valence-corrected chi connectivity index (χ1v) is 12.5. The van der Waals surface area contributed by atoms with Gasteiger partial charge in [0, 0.05) is 70.3 Å². The van der Waals surface area contributed by atoms with Crippen LogP contribution in [-0.4, -0.2) is 86.0 Å². The Hall–Kier alpha value is -2.65. The number of hydrogen-bond acceptors (Lipinski definition) is 7. The van der Waals surface area contributed by atoms with Crippen molar-refractivity contribution in [2.75, 3.05) is 39.8 Å². The average molecular weight is 539 g/mol. The summed E-state index contributed by atoms with van der Waals surface area (Å²) in [5.74, 6) is -2.83. The lowest BCUT2D eigenvalue weighted by molar-refractivity contribution is -0.0855. The minimum Gasteiger partial charge on any atom is -0.350 e. The Balaban J connectivity index is 1.77. The van der Waals surface area contributed by atoms with Crippen LogP contribution in [0.25, 0.3) is 0 Å². The van der Waals surface area contributed by atoms with E-state index in [1.54, 1.807) is 4.90 Å². The van der Waals surface area contributed by atoms with Gasteiger partial charge in [0.15, 0.2) is 0 Å². The second-order valence-electron chi connectivity index (χ2n) is 8.75. The summed E-state index contributed by atoms with van der Waals surface area (Å²) in [6.07, 6.45) is -0.0241. The molecule has 1 heterocycles. The number of alkyl halides is 2. The number of hydrazone groups is 1. The second kappa shape index (κ2) is 10.8. The van der Waals surface area contributed by atoms with Crippen LogP contribution < -0.4 is 11.2 Å². The van der Waals surface area contributed by atoms with Crippen LogP contribution in [0.5, 0.6) is 0 Å². The van der Waals surface area contributed by atoms with Gasteiger partial charge in [0.25, 0.3) is 15.9 Å². The molecule has 3 rings (SSSR count). The number of carbonyl (C=O) groups is 1. The topological polar surface area (TPSA) is 120 Å². The van der Waals surface area contributed by atoms with Gasteiger partial charge in [-0.2, -0.15) is 9.41 Å². The highest BCUT2D eigenvalue weighted by Gasteiger charge is 2.48. The molecule has 0 unspecified atom stereocenters. The number of halogens is 5. The highest BCUT2D eigenvalue weighted by Crippen LogP contribution is 2.42. The van der Waals surface area contributed by atoms with Crippen molar-refractivity contribution in [1.82, 2.24) is 14.5 Å². The van der Waals surface area contributed by atoms with Gasteiger partial charge in [0.1, 0.15) is 23.0 Å². The number of nitrogens with zero attached hydrogens (tertiary/aromatic N) is 4. The molecule has 1 aliphatic carbocycles. The van der Waals surface area contributed by atoms with Crippen molar-refractivity contribution in [2.24, 2.45) is 15.9 Å². The zero-order chi connectivity index (χ0) is 26.7. The highest BCUT2D eigenvalue weighted by molar-refractivity contribution is 8.06. The van der Waals surface area contributed by atoms with Crippen molar-refractivity contribution >= 4 is 27.2 Å². The van der Waals surface area contributed by atoms with Crippen LogP contribution in [0.15, 0.2) is 22.2 Å². The van der Waals surface area contributed by atoms with Crippen molar-refractivity contribution in [3.8, 4) is 0 Å². The van der Waals surface area contributed by atoms with Crippen LogP contribution >= 0.6 is 0 Å². The molecule has 1 saturated heterocycles. The Labute approximate surface area is 205 Å². The lowest BCUT2D eigenvalue weighted by Gasteiger charge is -2.50. The molecular weight excluding hydrogens is 511 g/mol. The van der Waals surface area contributed by atoms with Crippen molar-refractivity contribution in [1.29, 1.82) is 0 Å². The Morgan fingerprint density at radius 3 is 2.14 bits per heavy atom. The van der Waals surface area contributed by atoms with Gasteiger partial charge in [-0.15, -0.1) is 0 Å². The first-order chi connectivity index (χ1) is 16.8. The summed E-state index contributed by atoms with van der Waals surface area (Å²) in [6, 6.07) is 0.744. The molecule has 3 N–H and O–H groups in total. The summed E-state index contributed by atoms with van der Waals surface area (Å²) in [5, 5.41) is 5.25. The Bertz CT molecular complexity index is 1120. The fourth-order valence-corrected chi connectivity index (χ4v) is 5.87. The van der Waals surface area contributed by atoms with E-state index in [1.165, 1.54) is 7.05 Å². The summed E-state index contributed by atoms with van der Waals surface area (Å²) >= 11 is 0. The molecular formula is C21H27F5N6O3S. The number of piperazine rings is 1. The monoisotopic (exact) mass is 538 g/mol. The number of amides is 1. The predicted octanol–water partition coefficient (Wildman–Crippen LogP) is 1.70. The molecule has 1 aliphatic heterocycles. The van der Waals surface area contributed by atoms with Crippen molar-refractivity contribution in [2.45, 2.75) is 37.1 Å². The number of aliphatic imine (C=N–C) groups is 1. The van der Waals surface area contributed by atoms with E-state index in [0.717, 1.165) is 10.5 Å². The molecule has 0 bridgehead atoms. The summed E-state index contributed by atoms with van der Waals surface area (Å²) in [5.41, 5.74) is -1.98. The fraction of sp³-hybridized carbons (Fsp3) is 0.571. The Morgan fingerprint density at radius 2 is 1.64 bits per heavy atom. The highest BCUT2D eigenvalue weighted by atomic mass is 32.2. The molecule has 2 aliphatic rings. The summed E-state index contributed by atoms with van der Waals surface area (Å²) in [4.78, 5) is 18.0. The predicted molar refractivity (Wildman–Crippen MR) is 123 cm³/mol. The smallest absolute Gasteiger partial charge is 0.263 e. The summed E-state index contributed by atoms with van der Waals surface area (Å²) in [7, 11) is -2.66. The third-order valence-electron chi connectivity index (χ3n) is 6.60. The van der Waals surface area contributed by atoms with Crippen LogP contribution in [0.2, 0.25) is 0 Å². The number of rotatable bonds is 6. The van der Waals surface area contributed by atoms with Crippen molar-refractivity contribution in [3.05, 3.63) is 35.1 Å². The minimum atomic E-state index is -4.03. The molecule has 1 aromatic rings. The molecule has 9 nitrogen and oxygen atoms in total. The minimum absolute atomic E-state index is 0.00772. The zero-order valence-corrected chi connectivity index (χ0v) is 20.3. The van der Waals surface area contributed by atoms with E-state index in [-0.39, 0.29) is 45.6 Å². The van der Waals surface area contributed by atoms with Gasteiger partial charge in [0.05, 0.1) is 6.21 Å². The lowest BCUT2D eigenvalue weighted by atomic mass is 9.78. The fourth-order valence-electron chi connectivity index (χ4n) is 4.59. The summed E-state index contributed by atoms with van der Waals surface area (Å²) in [6.45, 7) is 0.0451. The van der Waals surface area contributed by atoms with Crippen LogP contribution in [0.4, 0.5) is 22.0 Å². The van der Waals surface area contributed by atoms with E-state index in [9.17, 15) is 35.2 Å². The first-order valence-electron chi connectivity index (χ1n) is 11.1. The number of nitrogens with two attached hydrogens (primary N) is 1. The molecule has 36 heavy (non-hydrogen) atoms. The van der Waals surface area contributed by atoms with Crippen LogP contribution in [-0.2, 0) is 10.0 Å². The van der Waals surface area contributed by atoms with Crippen molar-refractivity contribution < 1.29 is 35.2 Å². The van der Waals surface area contributed by atoms with E-state index in [0.29, 0.717) is 12.1 Å². The SMILES string of the molecule is CN=C/C(=N/N)S(=O)(=O)N1CCN(C2(CNC(=O)c3c(F)cc(F)cc3F)CCC(F)(F)CC2)CC1. The Kier molecular flexibility index (Phi) is 8.35. The van der Waals surface area contributed by atoms with E-state index in [2.05, 4.69) is 15.4 Å². The molecule has 0 spiro atoms. The maximum atomic E-state index is 14.0. The van der Waals surface area contributed by atoms with E-state index < -0.39 is 68.3 Å². The number of sulfonamides is 1. The second-order valence-corrected chi connectivity index (χ2v) is 10.6. The van der Waals surface area contributed by atoms with Crippen molar-refractivity contribution in [3.63, 3.8) is 0 Å². The summed E-state index contributed by atoms with van der Waals surface area (Å²) < 4.78 is 95.9. The van der Waals surface area contributed by atoms with E-state index >= 15 is 0 Å². The quantitative estimate of drug-likeness (QED) is 0.188. The third kappa shape index (κ3) is 5.83. The maximum absolute atomic E-state index is 14.0. The molecule has 200 valence electrons. The van der Waals surface area contributed by atoms with Crippen LogP contribution in [0.3, 0.4) is 0 Å². The van der Waals surface area contributed by atoms with Gasteiger partial charge in [-0.1, -0.05) is 0 Å². The lowest BCUT2D eigenvalue weighted by Crippen LogP contribution is -2.63. The standard InChI is InChI=1S/C21H27F5N6O3S/c1-28-12-17(30-27)36(34,35)32-8-6-31(7-9-32)20(2-4-21(25,26)5-3-20)13-29-19(33)18-15(23)10-14(22)11-16(18)24/h10-12H,2-9,13,27H2,1H3,(H,29,33)/b28-12?,30-17-. The van der Waals surface area contributed by atoms with Gasteiger partial charge in [0.2, 0.25) is 11.0 Å².